The molecule has 1 aliphatic heterocycles. The van der Waals surface area contributed by atoms with Gasteiger partial charge in [-0.25, -0.2) is 0 Å². The van der Waals surface area contributed by atoms with Gasteiger partial charge in [-0.2, -0.15) is 0 Å². The third-order valence-corrected chi connectivity index (χ3v) is 3.24. The van der Waals surface area contributed by atoms with E-state index in [1.807, 2.05) is 0 Å². The van der Waals surface area contributed by atoms with Crippen molar-refractivity contribution in [1.29, 1.82) is 0 Å². The molecule has 3 heteroatoms. The van der Waals surface area contributed by atoms with Crippen LogP contribution in [0.4, 0.5) is 0 Å². The Morgan fingerprint density at radius 1 is 1.36 bits per heavy atom. The fourth-order valence-corrected chi connectivity index (χ4v) is 2.16. The van der Waals surface area contributed by atoms with Crippen molar-refractivity contribution in [3.05, 3.63) is 0 Å². The third-order valence-electron chi connectivity index (χ3n) is 3.24. The molecular formula is C11H22N2O. The van der Waals surface area contributed by atoms with Gasteiger partial charge in [0.15, 0.2) is 0 Å². The summed E-state index contributed by atoms with van der Waals surface area (Å²) in [6, 6.07) is 1.59. The fourth-order valence-electron chi connectivity index (χ4n) is 2.16. The molecule has 0 aromatic carbocycles. The van der Waals surface area contributed by atoms with Gasteiger partial charge in [0.1, 0.15) is 0 Å². The molecule has 1 saturated carbocycles. The number of ether oxygens (including phenoxy) is 1. The van der Waals surface area contributed by atoms with Crippen LogP contribution in [0.1, 0.15) is 26.2 Å². The monoisotopic (exact) mass is 198 g/mol. The van der Waals surface area contributed by atoms with Crippen LogP contribution in [0.25, 0.3) is 0 Å². The van der Waals surface area contributed by atoms with Crippen molar-refractivity contribution in [2.75, 3.05) is 26.7 Å². The molecule has 2 fully saturated rings. The van der Waals surface area contributed by atoms with Crippen molar-refractivity contribution < 1.29 is 4.74 Å². The Bertz CT molecular complexity index is 182. The Balaban J connectivity index is 1.65. The van der Waals surface area contributed by atoms with Gasteiger partial charge in [-0.05, 0) is 32.7 Å². The van der Waals surface area contributed by atoms with Crippen molar-refractivity contribution in [2.45, 2.75) is 44.4 Å². The second kappa shape index (κ2) is 4.60. The van der Waals surface area contributed by atoms with Gasteiger partial charge in [-0.15, -0.1) is 0 Å². The molecule has 82 valence electrons. The minimum absolute atomic E-state index is 0.370. The predicted molar refractivity (Wildman–Crippen MR) is 57.5 cm³/mol. The van der Waals surface area contributed by atoms with E-state index < -0.39 is 0 Å². The Morgan fingerprint density at radius 3 is 2.79 bits per heavy atom. The van der Waals surface area contributed by atoms with Gasteiger partial charge in [0.05, 0.1) is 6.10 Å². The molecule has 14 heavy (non-hydrogen) atoms. The topological polar surface area (TPSA) is 24.5 Å². The lowest BCUT2D eigenvalue weighted by molar-refractivity contribution is 0.0845. The number of nitrogens with zero attached hydrogens (tertiary/aromatic N) is 1. The SMILES string of the molecule is COC(C)CN1CCC(NC2CC2)C1. The molecule has 3 nitrogen and oxygen atoms in total. The summed E-state index contributed by atoms with van der Waals surface area (Å²) in [5, 5.41) is 3.69. The maximum atomic E-state index is 5.28. The maximum Gasteiger partial charge on any atom is 0.0670 e. The Hall–Kier alpha value is -0.120. The van der Waals surface area contributed by atoms with Gasteiger partial charge < -0.3 is 10.1 Å². The van der Waals surface area contributed by atoms with E-state index in [9.17, 15) is 0 Å². The van der Waals surface area contributed by atoms with Gasteiger partial charge in [0.2, 0.25) is 0 Å². The normalized spacial score (nSPS) is 30.9. The molecule has 2 atom stereocenters. The van der Waals surface area contributed by atoms with E-state index in [4.69, 9.17) is 4.74 Å². The lowest BCUT2D eigenvalue weighted by Crippen LogP contribution is -2.36. The van der Waals surface area contributed by atoms with Crippen molar-refractivity contribution in [2.24, 2.45) is 0 Å². The maximum absolute atomic E-state index is 5.28. The summed E-state index contributed by atoms with van der Waals surface area (Å²) >= 11 is 0. The second-order valence-electron chi connectivity index (χ2n) is 4.73. The van der Waals surface area contributed by atoms with E-state index in [-0.39, 0.29) is 0 Å². The zero-order valence-electron chi connectivity index (χ0n) is 9.33. The first kappa shape index (κ1) is 10.4. The molecule has 0 radical (unpaired) electrons. The molecule has 2 aliphatic rings. The number of nitrogens with one attached hydrogen (secondary N) is 1. The van der Waals surface area contributed by atoms with Gasteiger partial charge in [-0.3, -0.25) is 4.90 Å². The Kier molecular flexibility index (Phi) is 3.42. The molecule has 1 saturated heterocycles. The summed E-state index contributed by atoms with van der Waals surface area (Å²) in [7, 11) is 1.79. The van der Waals surface area contributed by atoms with Gasteiger partial charge in [-0.1, -0.05) is 0 Å². The van der Waals surface area contributed by atoms with Crippen LogP contribution in [-0.2, 0) is 4.74 Å². The van der Waals surface area contributed by atoms with Crippen LogP contribution < -0.4 is 5.32 Å². The summed E-state index contributed by atoms with van der Waals surface area (Å²) in [6.45, 7) is 5.67. The molecule has 0 bridgehead atoms. The minimum atomic E-state index is 0.370. The largest absolute Gasteiger partial charge is 0.380 e. The highest BCUT2D eigenvalue weighted by Gasteiger charge is 2.29. The summed E-state index contributed by atoms with van der Waals surface area (Å²) in [6.07, 6.45) is 4.47. The molecule has 1 N–H and O–H groups in total. The number of likely N-dealkylation sites (tertiary alicyclic amines) is 1. The van der Waals surface area contributed by atoms with Crippen LogP contribution in [0.3, 0.4) is 0 Å². The first-order valence-electron chi connectivity index (χ1n) is 5.79. The molecule has 0 aromatic heterocycles. The Morgan fingerprint density at radius 2 is 2.14 bits per heavy atom. The Labute approximate surface area is 86.8 Å². The number of methoxy groups -OCH3 is 1. The summed E-state index contributed by atoms with van der Waals surface area (Å²) in [5.41, 5.74) is 0. The van der Waals surface area contributed by atoms with Gasteiger partial charge in [0.25, 0.3) is 0 Å². The zero-order chi connectivity index (χ0) is 9.97. The first-order valence-corrected chi connectivity index (χ1v) is 5.79. The minimum Gasteiger partial charge on any atom is -0.380 e. The molecule has 1 aliphatic carbocycles. The molecule has 0 spiro atoms. The lowest BCUT2D eigenvalue weighted by atomic mass is 10.2. The van der Waals surface area contributed by atoms with Gasteiger partial charge >= 0.3 is 0 Å². The number of rotatable bonds is 5. The highest BCUT2D eigenvalue weighted by atomic mass is 16.5. The van der Waals surface area contributed by atoms with E-state index in [0.717, 1.165) is 18.6 Å². The summed E-state index contributed by atoms with van der Waals surface area (Å²) < 4.78 is 5.28. The van der Waals surface area contributed by atoms with Crippen LogP contribution in [0.15, 0.2) is 0 Å². The average molecular weight is 198 g/mol. The molecule has 2 rings (SSSR count). The number of hydrogen-bond acceptors (Lipinski definition) is 3. The smallest absolute Gasteiger partial charge is 0.0670 e. The third kappa shape index (κ3) is 2.94. The highest BCUT2D eigenvalue weighted by Crippen LogP contribution is 2.21. The molecule has 1 heterocycles. The highest BCUT2D eigenvalue weighted by molar-refractivity contribution is 4.89. The van der Waals surface area contributed by atoms with E-state index in [1.165, 1.54) is 32.4 Å². The van der Waals surface area contributed by atoms with E-state index >= 15 is 0 Å². The van der Waals surface area contributed by atoms with Gasteiger partial charge in [0, 0.05) is 32.3 Å². The zero-order valence-corrected chi connectivity index (χ0v) is 9.33. The van der Waals surface area contributed by atoms with E-state index in [1.54, 1.807) is 7.11 Å². The van der Waals surface area contributed by atoms with Crippen LogP contribution in [0.5, 0.6) is 0 Å². The average Bonchev–Trinajstić information content (AvgIpc) is 2.87. The van der Waals surface area contributed by atoms with Crippen molar-refractivity contribution in [3.63, 3.8) is 0 Å². The van der Waals surface area contributed by atoms with Crippen LogP contribution in [-0.4, -0.2) is 49.8 Å². The van der Waals surface area contributed by atoms with Crippen LogP contribution >= 0.6 is 0 Å². The first-order chi connectivity index (χ1) is 6.78. The van der Waals surface area contributed by atoms with E-state index in [2.05, 4.69) is 17.1 Å². The standard InChI is InChI=1S/C11H22N2O/c1-9(14-2)7-13-6-5-11(8-13)12-10-3-4-10/h9-12H,3-8H2,1-2H3. The molecule has 0 aromatic rings. The van der Waals surface area contributed by atoms with Crippen molar-refractivity contribution >= 4 is 0 Å². The molecule has 0 amide bonds. The fraction of sp³-hybridized carbons (Fsp3) is 1.00. The molecule has 2 unspecified atom stereocenters. The van der Waals surface area contributed by atoms with Crippen molar-refractivity contribution in [1.82, 2.24) is 10.2 Å². The quantitative estimate of drug-likeness (QED) is 0.709. The summed E-state index contributed by atoms with van der Waals surface area (Å²) in [4.78, 5) is 2.51. The van der Waals surface area contributed by atoms with Crippen LogP contribution in [0.2, 0.25) is 0 Å². The van der Waals surface area contributed by atoms with E-state index in [0.29, 0.717) is 6.10 Å². The van der Waals surface area contributed by atoms with Crippen LogP contribution in [0, 0.1) is 0 Å². The lowest BCUT2D eigenvalue weighted by Gasteiger charge is -2.20. The van der Waals surface area contributed by atoms with Crippen molar-refractivity contribution in [3.8, 4) is 0 Å². The second-order valence-corrected chi connectivity index (χ2v) is 4.73. The molecular weight excluding hydrogens is 176 g/mol. The summed E-state index contributed by atoms with van der Waals surface area (Å²) in [5.74, 6) is 0. The predicted octanol–water partition coefficient (Wildman–Crippen LogP) is 0.848. The number of hydrogen-bond donors (Lipinski definition) is 1.